The van der Waals surface area contributed by atoms with Gasteiger partial charge in [0.2, 0.25) is 0 Å². The molecule has 0 heterocycles. The molecule has 3 fully saturated rings. The van der Waals surface area contributed by atoms with Crippen LogP contribution in [0.4, 0.5) is 8.78 Å². The summed E-state index contributed by atoms with van der Waals surface area (Å²) in [5.41, 5.74) is 0. The first-order valence-electron chi connectivity index (χ1n) is 7.37. The van der Waals surface area contributed by atoms with Crippen molar-refractivity contribution in [3.05, 3.63) is 0 Å². The van der Waals surface area contributed by atoms with Gasteiger partial charge in [-0.05, 0) is 67.6 Å². The number of alkyl halides is 2. The Labute approximate surface area is 103 Å². The van der Waals surface area contributed by atoms with Gasteiger partial charge in [-0.25, -0.2) is 8.78 Å². The molecule has 98 valence electrons. The highest BCUT2D eigenvalue weighted by atomic mass is 19.1. The molecule has 8 atom stereocenters. The van der Waals surface area contributed by atoms with Gasteiger partial charge in [-0.3, -0.25) is 0 Å². The highest BCUT2D eigenvalue weighted by Gasteiger charge is 2.54. The summed E-state index contributed by atoms with van der Waals surface area (Å²) in [7, 11) is 0. The summed E-state index contributed by atoms with van der Waals surface area (Å²) in [6, 6.07) is 0. The molecule has 8 unspecified atom stereocenters. The van der Waals surface area contributed by atoms with Gasteiger partial charge in [0.15, 0.2) is 0 Å². The van der Waals surface area contributed by atoms with Crippen molar-refractivity contribution >= 4 is 0 Å². The highest BCUT2D eigenvalue weighted by molar-refractivity contribution is 5.02. The van der Waals surface area contributed by atoms with Crippen molar-refractivity contribution in [1.82, 2.24) is 0 Å². The fourth-order valence-corrected chi connectivity index (χ4v) is 4.96. The Balaban J connectivity index is 1.81. The van der Waals surface area contributed by atoms with E-state index in [1.165, 1.54) is 0 Å². The molecule has 3 saturated carbocycles. The molecule has 0 bridgehead atoms. The average molecular weight is 242 g/mol. The summed E-state index contributed by atoms with van der Waals surface area (Å²) in [6.45, 7) is 4.05. The molecule has 2 heteroatoms. The van der Waals surface area contributed by atoms with E-state index in [-0.39, 0.29) is 23.7 Å². The highest BCUT2D eigenvalue weighted by Crippen LogP contribution is 2.57. The third kappa shape index (κ3) is 1.74. The number of hydrogen-bond acceptors (Lipinski definition) is 0. The molecule has 0 aromatic rings. The van der Waals surface area contributed by atoms with Crippen LogP contribution < -0.4 is 0 Å². The number of halogens is 2. The summed E-state index contributed by atoms with van der Waals surface area (Å²) in [4.78, 5) is 0. The van der Waals surface area contributed by atoms with Crippen molar-refractivity contribution < 1.29 is 8.78 Å². The zero-order chi connectivity index (χ0) is 12.2. The van der Waals surface area contributed by atoms with Gasteiger partial charge in [0.25, 0.3) is 0 Å². The lowest BCUT2D eigenvalue weighted by molar-refractivity contribution is 0.0444. The van der Waals surface area contributed by atoms with Crippen molar-refractivity contribution in [2.24, 2.45) is 35.5 Å². The van der Waals surface area contributed by atoms with E-state index in [1.807, 2.05) is 13.8 Å². The molecule has 0 aromatic heterocycles. The third-order valence-electron chi connectivity index (χ3n) is 6.01. The van der Waals surface area contributed by atoms with Crippen LogP contribution in [0, 0.1) is 35.5 Å². The van der Waals surface area contributed by atoms with Gasteiger partial charge < -0.3 is 0 Å². The van der Waals surface area contributed by atoms with E-state index >= 15 is 0 Å². The number of fused-ring (bicyclic) bond motifs is 3. The minimum atomic E-state index is -0.665. The summed E-state index contributed by atoms with van der Waals surface area (Å²) in [5.74, 6) is 1.75. The van der Waals surface area contributed by atoms with Crippen molar-refractivity contribution in [3.63, 3.8) is 0 Å². The van der Waals surface area contributed by atoms with E-state index in [0.717, 1.165) is 32.1 Å². The smallest absolute Gasteiger partial charge is 0.106 e. The van der Waals surface area contributed by atoms with E-state index in [1.54, 1.807) is 0 Å². The fourth-order valence-electron chi connectivity index (χ4n) is 4.96. The molecule has 0 nitrogen and oxygen atoms in total. The van der Waals surface area contributed by atoms with E-state index < -0.39 is 12.3 Å². The molecule has 0 saturated heterocycles. The van der Waals surface area contributed by atoms with Crippen LogP contribution in [0.25, 0.3) is 0 Å². The lowest BCUT2D eigenvalue weighted by Crippen LogP contribution is -2.36. The predicted molar refractivity (Wildman–Crippen MR) is 65.2 cm³/mol. The quantitative estimate of drug-likeness (QED) is 0.591. The minimum Gasteiger partial charge on any atom is -0.247 e. The van der Waals surface area contributed by atoms with E-state index in [4.69, 9.17) is 0 Å². The Kier molecular flexibility index (Phi) is 2.95. The summed E-state index contributed by atoms with van der Waals surface area (Å²) in [6.07, 6.45) is 3.81. The van der Waals surface area contributed by atoms with Crippen molar-refractivity contribution in [1.29, 1.82) is 0 Å². The van der Waals surface area contributed by atoms with E-state index in [0.29, 0.717) is 11.8 Å². The van der Waals surface area contributed by atoms with Crippen LogP contribution in [0.3, 0.4) is 0 Å². The minimum absolute atomic E-state index is 0.178. The summed E-state index contributed by atoms with van der Waals surface area (Å²) < 4.78 is 28.5. The normalized spacial score (nSPS) is 58.6. The van der Waals surface area contributed by atoms with Gasteiger partial charge in [0.1, 0.15) is 12.3 Å². The molecule has 0 amide bonds. The number of rotatable bonds is 0. The van der Waals surface area contributed by atoms with Crippen LogP contribution in [0.1, 0.15) is 46.0 Å². The fraction of sp³-hybridized carbons (Fsp3) is 1.00. The first-order chi connectivity index (χ1) is 8.09. The zero-order valence-electron chi connectivity index (χ0n) is 10.9. The standard InChI is InChI=1S/C15H24F2/c1-8-3-5-10-11-6-4-9(2)15(17)13(11)7-12(10)14(8)16/h8-15H,3-7H2,1-2H3. The Morgan fingerprint density at radius 1 is 0.647 bits per heavy atom. The molecule has 17 heavy (non-hydrogen) atoms. The Hall–Kier alpha value is -0.140. The number of hydrogen-bond donors (Lipinski definition) is 0. The third-order valence-corrected chi connectivity index (χ3v) is 6.01. The zero-order valence-corrected chi connectivity index (χ0v) is 10.9. The van der Waals surface area contributed by atoms with Gasteiger partial charge in [0.05, 0.1) is 0 Å². The Morgan fingerprint density at radius 3 is 1.47 bits per heavy atom. The van der Waals surface area contributed by atoms with E-state index in [2.05, 4.69) is 0 Å². The predicted octanol–water partition coefficient (Wildman–Crippen LogP) is 4.39. The molecular formula is C15H24F2. The molecule has 3 aliphatic carbocycles. The molecule has 0 N–H and O–H groups in total. The second-order valence-electron chi connectivity index (χ2n) is 6.89. The second-order valence-corrected chi connectivity index (χ2v) is 6.89. The molecule has 3 rings (SSSR count). The second kappa shape index (κ2) is 4.20. The van der Waals surface area contributed by atoms with Gasteiger partial charge in [-0.1, -0.05) is 13.8 Å². The molecule has 0 spiro atoms. The van der Waals surface area contributed by atoms with Gasteiger partial charge >= 0.3 is 0 Å². The van der Waals surface area contributed by atoms with Crippen LogP contribution in [0.5, 0.6) is 0 Å². The largest absolute Gasteiger partial charge is 0.247 e. The van der Waals surface area contributed by atoms with Crippen molar-refractivity contribution in [3.8, 4) is 0 Å². The molecule has 0 aliphatic heterocycles. The Morgan fingerprint density at radius 2 is 1.06 bits per heavy atom. The molecular weight excluding hydrogens is 218 g/mol. The molecule has 0 aromatic carbocycles. The van der Waals surface area contributed by atoms with Gasteiger partial charge in [-0.15, -0.1) is 0 Å². The SMILES string of the molecule is CC1CCC2C(CC3C(F)C(C)CCC32)C1F. The average Bonchev–Trinajstić information content (AvgIpc) is 2.69. The lowest BCUT2D eigenvalue weighted by Gasteiger charge is -2.38. The maximum Gasteiger partial charge on any atom is 0.106 e. The van der Waals surface area contributed by atoms with Crippen molar-refractivity contribution in [2.45, 2.75) is 58.3 Å². The topological polar surface area (TPSA) is 0 Å². The summed E-state index contributed by atoms with van der Waals surface area (Å²) in [5, 5.41) is 0. The lowest BCUT2D eigenvalue weighted by atomic mass is 9.68. The van der Waals surface area contributed by atoms with Gasteiger partial charge in [0, 0.05) is 0 Å². The van der Waals surface area contributed by atoms with Crippen LogP contribution in [0.2, 0.25) is 0 Å². The van der Waals surface area contributed by atoms with Crippen molar-refractivity contribution in [2.75, 3.05) is 0 Å². The summed E-state index contributed by atoms with van der Waals surface area (Å²) >= 11 is 0. The Bertz CT molecular complexity index is 259. The first kappa shape index (κ1) is 11.9. The molecule has 0 radical (unpaired) electrons. The molecule has 3 aliphatic rings. The maximum absolute atomic E-state index is 14.3. The maximum atomic E-state index is 14.3. The monoisotopic (exact) mass is 242 g/mol. The van der Waals surface area contributed by atoms with E-state index in [9.17, 15) is 8.78 Å². The van der Waals surface area contributed by atoms with Crippen LogP contribution in [-0.2, 0) is 0 Å². The van der Waals surface area contributed by atoms with Gasteiger partial charge in [-0.2, -0.15) is 0 Å². The van der Waals surface area contributed by atoms with Crippen LogP contribution in [-0.4, -0.2) is 12.3 Å². The van der Waals surface area contributed by atoms with Crippen LogP contribution in [0.15, 0.2) is 0 Å². The van der Waals surface area contributed by atoms with Crippen LogP contribution >= 0.6 is 0 Å². The first-order valence-corrected chi connectivity index (χ1v) is 7.37.